The lowest BCUT2D eigenvalue weighted by Gasteiger charge is -2.18. The topological polar surface area (TPSA) is 41.1 Å². The average molecular weight is 390 g/mol. The van der Waals surface area contributed by atoms with Gasteiger partial charge in [-0.05, 0) is 46.7 Å². The number of carbonyl (C=O) groups is 1. The molecular weight excluding hydrogens is 375 g/mol. The van der Waals surface area contributed by atoms with Crippen LogP contribution in [0.5, 0.6) is 0 Å². The van der Waals surface area contributed by atoms with Gasteiger partial charge in [-0.15, -0.1) is 0 Å². The second-order valence-electron chi connectivity index (χ2n) is 5.34. The number of halogens is 5. The SMILES string of the molecule is CCC(F)(F)c1cc(NC(=O)N/C=C/c2ccsc2)cc(C(F)(F)F)c1. The van der Waals surface area contributed by atoms with Gasteiger partial charge in [0.25, 0.3) is 5.92 Å². The molecule has 1 heterocycles. The van der Waals surface area contributed by atoms with E-state index in [-0.39, 0.29) is 5.69 Å². The molecule has 0 aliphatic carbocycles. The number of hydrogen-bond donors (Lipinski definition) is 2. The van der Waals surface area contributed by atoms with E-state index in [9.17, 15) is 26.7 Å². The van der Waals surface area contributed by atoms with Gasteiger partial charge >= 0.3 is 12.2 Å². The highest BCUT2D eigenvalue weighted by Gasteiger charge is 2.36. The maximum Gasteiger partial charge on any atom is 0.416 e. The largest absolute Gasteiger partial charge is 0.416 e. The Morgan fingerprint density at radius 3 is 2.42 bits per heavy atom. The van der Waals surface area contributed by atoms with Crippen LogP contribution in [0.2, 0.25) is 0 Å². The van der Waals surface area contributed by atoms with Crippen LogP contribution in [0.15, 0.2) is 41.2 Å². The van der Waals surface area contributed by atoms with Gasteiger partial charge in [0.15, 0.2) is 0 Å². The summed E-state index contributed by atoms with van der Waals surface area (Å²) in [7, 11) is 0. The molecule has 0 aliphatic heterocycles. The van der Waals surface area contributed by atoms with E-state index in [1.54, 1.807) is 12.1 Å². The molecule has 26 heavy (non-hydrogen) atoms. The molecule has 1 aromatic carbocycles. The number of amides is 2. The van der Waals surface area contributed by atoms with Crippen molar-refractivity contribution in [3.05, 3.63) is 57.9 Å². The van der Waals surface area contributed by atoms with Gasteiger partial charge in [-0.2, -0.15) is 24.5 Å². The van der Waals surface area contributed by atoms with Gasteiger partial charge in [0.2, 0.25) is 0 Å². The smallest absolute Gasteiger partial charge is 0.314 e. The summed E-state index contributed by atoms with van der Waals surface area (Å²) in [5, 5.41) is 8.10. The number of benzene rings is 1. The standard InChI is InChI=1S/C17H15F5N2OS/c1-2-16(18,19)12-7-13(17(20,21)22)9-14(8-12)24-15(25)23-5-3-11-4-6-26-10-11/h3-10H,2H2,1H3,(H2,23,24,25)/b5-3+. The fraction of sp³-hybridized carbons (Fsp3) is 0.235. The zero-order valence-corrected chi connectivity index (χ0v) is 14.3. The number of nitrogens with one attached hydrogen (secondary N) is 2. The number of alkyl halides is 5. The Morgan fingerprint density at radius 2 is 1.85 bits per heavy atom. The fourth-order valence-electron chi connectivity index (χ4n) is 2.03. The van der Waals surface area contributed by atoms with Gasteiger partial charge in [0, 0.05) is 23.9 Å². The second-order valence-corrected chi connectivity index (χ2v) is 6.12. The van der Waals surface area contributed by atoms with Crippen molar-refractivity contribution in [3.63, 3.8) is 0 Å². The number of anilines is 1. The molecule has 0 atom stereocenters. The third kappa shape index (κ3) is 5.29. The van der Waals surface area contributed by atoms with Gasteiger partial charge in [-0.25, -0.2) is 13.6 Å². The Kier molecular flexibility index (Phi) is 6.01. The van der Waals surface area contributed by atoms with Crippen LogP contribution in [-0.4, -0.2) is 6.03 Å². The first-order valence-electron chi connectivity index (χ1n) is 7.48. The molecule has 2 N–H and O–H groups in total. The summed E-state index contributed by atoms with van der Waals surface area (Å²) >= 11 is 1.45. The van der Waals surface area contributed by atoms with E-state index in [0.29, 0.717) is 12.1 Å². The second kappa shape index (κ2) is 7.86. The summed E-state index contributed by atoms with van der Waals surface area (Å²) in [6.07, 6.45) is -2.60. The average Bonchev–Trinajstić information content (AvgIpc) is 3.07. The molecule has 0 unspecified atom stereocenters. The molecule has 0 aliphatic rings. The lowest BCUT2D eigenvalue weighted by atomic mass is 10.0. The van der Waals surface area contributed by atoms with Crippen molar-refractivity contribution in [3.8, 4) is 0 Å². The van der Waals surface area contributed by atoms with Crippen LogP contribution in [0.1, 0.15) is 30.0 Å². The third-order valence-corrected chi connectivity index (χ3v) is 4.12. The molecule has 0 bridgehead atoms. The number of hydrogen-bond acceptors (Lipinski definition) is 2. The van der Waals surface area contributed by atoms with E-state index < -0.39 is 35.7 Å². The molecule has 0 fully saturated rings. The fourth-order valence-corrected chi connectivity index (χ4v) is 2.66. The summed E-state index contributed by atoms with van der Waals surface area (Å²) < 4.78 is 66.5. The van der Waals surface area contributed by atoms with E-state index in [4.69, 9.17) is 0 Å². The van der Waals surface area contributed by atoms with Crippen LogP contribution in [0.25, 0.3) is 6.08 Å². The van der Waals surface area contributed by atoms with E-state index in [2.05, 4.69) is 10.6 Å². The predicted octanol–water partition coefficient (Wildman–Crippen LogP) is 6.06. The Balaban J connectivity index is 2.19. The quantitative estimate of drug-likeness (QED) is 0.599. The van der Waals surface area contributed by atoms with E-state index in [1.165, 1.54) is 17.5 Å². The highest BCUT2D eigenvalue weighted by molar-refractivity contribution is 7.08. The third-order valence-electron chi connectivity index (χ3n) is 3.42. The minimum atomic E-state index is -4.81. The Bertz CT molecular complexity index is 785. The van der Waals surface area contributed by atoms with E-state index in [1.807, 2.05) is 10.8 Å². The molecule has 0 spiro atoms. The van der Waals surface area contributed by atoms with Gasteiger partial charge in [0.05, 0.1) is 5.56 Å². The minimum Gasteiger partial charge on any atom is -0.314 e. The molecule has 0 radical (unpaired) electrons. The van der Waals surface area contributed by atoms with Crippen LogP contribution in [0.4, 0.5) is 32.4 Å². The summed E-state index contributed by atoms with van der Waals surface area (Å²) in [5.41, 5.74) is -1.60. The molecule has 0 saturated carbocycles. The molecule has 2 rings (SSSR count). The van der Waals surface area contributed by atoms with Crippen LogP contribution in [0, 0.1) is 0 Å². The number of rotatable bonds is 5. The summed E-state index contributed by atoms with van der Waals surface area (Å²) in [5.74, 6) is -3.44. The van der Waals surface area contributed by atoms with Crippen molar-refractivity contribution >= 4 is 29.1 Å². The maximum absolute atomic E-state index is 13.8. The highest BCUT2D eigenvalue weighted by atomic mass is 32.1. The highest BCUT2D eigenvalue weighted by Crippen LogP contribution is 2.38. The molecular formula is C17H15F5N2OS. The van der Waals surface area contributed by atoms with Crippen LogP contribution < -0.4 is 10.6 Å². The molecule has 2 aromatic rings. The molecule has 2 amide bonds. The van der Waals surface area contributed by atoms with Gasteiger partial charge in [-0.3, -0.25) is 0 Å². The van der Waals surface area contributed by atoms with Crippen LogP contribution in [0.3, 0.4) is 0 Å². The number of urea groups is 1. The van der Waals surface area contributed by atoms with Crippen molar-refractivity contribution in [2.24, 2.45) is 0 Å². The first-order chi connectivity index (χ1) is 12.1. The van der Waals surface area contributed by atoms with Gasteiger partial charge < -0.3 is 10.6 Å². The van der Waals surface area contributed by atoms with Crippen molar-refractivity contribution in [2.45, 2.75) is 25.4 Å². The Labute approximate surface area is 150 Å². The zero-order valence-electron chi connectivity index (χ0n) is 13.5. The Morgan fingerprint density at radius 1 is 1.15 bits per heavy atom. The monoisotopic (exact) mass is 390 g/mol. The van der Waals surface area contributed by atoms with E-state index in [0.717, 1.165) is 18.6 Å². The van der Waals surface area contributed by atoms with Crippen LogP contribution >= 0.6 is 11.3 Å². The number of thiophene rings is 1. The van der Waals surface area contributed by atoms with E-state index >= 15 is 0 Å². The predicted molar refractivity (Wildman–Crippen MR) is 91.1 cm³/mol. The molecule has 9 heteroatoms. The van der Waals surface area contributed by atoms with Crippen molar-refractivity contribution in [1.29, 1.82) is 0 Å². The maximum atomic E-state index is 13.8. The van der Waals surface area contributed by atoms with Crippen LogP contribution in [-0.2, 0) is 12.1 Å². The van der Waals surface area contributed by atoms with Crippen molar-refractivity contribution in [2.75, 3.05) is 5.32 Å². The van der Waals surface area contributed by atoms with Gasteiger partial charge in [-0.1, -0.05) is 6.92 Å². The number of carbonyl (C=O) groups excluding carboxylic acids is 1. The molecule has 1 aromatic heterocycles. The van der Waals surface area contributed by atoms with Crippen molar-refractivity contribution < 1.29 is 26.7 Å². The summed E-state index contributed by atoms with van der Waals surface area (Å²) in [4.78, 5) is 11.8. The molecule has 3 nitrogen and oxygen atoms in total. The Hall–Kier alpha value is -2.42. The summed E-state index contributed by atoms with van der Waals surface area (Å²) in [6.45, 7) is 1.16. The van der Waals surface area contributed by atoms with Gasteiger partial charge in [0.1, 0.15) is 0 Å². The first kappa shape index (κ1) is 19.9. The molecule has 0 saturated heterocycles. The lowest BCUT2D eigenvalue weighted by Crippen LogP contribution is -2.24. The first-order valence-corrected chi connectivity index (χ1v) is 8.43. The van der Waals surface area contributed by atoms with Crippen molar-refractivity contribution in [1.82, 2.24) is 5.32 Å². The molecule has 140 valence electrons. The normalized spacial score (nSPS) is 12.4. The zero-order chi connectivity index (χ0) is 19.4. The summed E-state index contributed by atoms with van der Waals surface area (Å²) in [6, 6.07) is 2.79. The minimum absolute atomic E-state index is 0.371. The lowest BCUT2D eigenvalue weighted by molar-refractivity contribution is -0.137.